The van der Waals surface area contributed by atoms with E-state index in [1.54, 1.807) is 6.20 Å². The van der Waals surface area contributed by atoms with Gasteiger partial charge in [0.1, 0.15) is 5.82 Å². The van der Waals surface area contributed by atoms with Crippen LogP contribution in [0.3, 0.4) is 0 Å². The molecule has 0 saturated heterocycles. The lowest BCUT2D eigenvalue weighted by Crippen LogP contribution is -2.10. The lowest BCUT2D eigenvalue weighted by Gasteiger charge is -2.11. The predicted molar refractivity (Wildman–Crippen MR) is 53.5 cm³/mol. The number of hydrogen-bond donors (Lipinski definition) is 1. The molecule has 1 aromatic rings. The molecule has 0 spiro atoms. The number of nitrogen functional groups attached to an aromatic ring is 1. The molecule has 0 unspecified atom stereocenters. The summed E-state index contributed by atoms with van der Waals surface area (Å²) < 4.78 is 1.89. The van der Waals surface area contributed by atoms with E-state index >= 15 is 0 Å². The van der Waals surface area contributed by atoms with E-state index in [2.05, 4.69) is 11.2 Å². The van der Waals surface area contributed by atoms with Crippen LogP contribution >= 0.6 is 0 Å². The molecule has 1 fully saturated rings. The maximum Gasteiger partial charge on any atom is 0.126 e. The van der Waals surface area contributed by atoms with Gasteiger partial charge in [-0.05, 0) is 12.8 Å². The van der Waals surface area contributed by atoms with Gasteiger partial charge >= 0.3 is 0 Å². The van der Waals surface area contributed by atoms with Crippen LogP contribution in [0.1, 0.15) is 37.3 Å². The Kier molecular flexibility index (Phi) is 2.40. The Bertz CT molecular complexity index is 355. The minimum Gasteiger partial charge on any atom is -0.384 e. The summed E-state index contributed by atoms with van der Waals surface area (Å²) in [5.41, 5.74) is 6.78. The van der Waals surface area contributed by atoms with Gasteiger partial charge in [0, 0.05) is 5.56 Å². The molecule has 0 atom stereocenters. The summed E-state index contributed by atoms with van der Waals surface area (Å²) in [6, 6.07) is 2.56. The summed E-state index contributed by atoms with van der Waals surface area (Å²) in [5, 5.41) is 12.8. The summed E-state index contributed by atoms with van der Waals surface area (Å²) in [4.78, 5) is 0. The molecule has 1 aliphatic carbocycles. The average Bonchev–Trinajstić information content (AvgIpc) is 2.77. The molecule has 0 aromatic carbocycles. The van der Waals surface area contributed by atoms with Crippen molar-refractivity contribution in [3.63, 3.8) is 0 Å². The number of hydrogen-bond acceptors (Lipinski definition) is 3. The van der Waals surface area contributed by atoms with Gasteiger partial charge in [0.15, 0.2) is 0 Å². The minimum absolute atomic E-state index is 0.360. The fraction of sp³-hybridized carbons (Fsp3) is 0.600. The van der Waals surface area contributed by atoms with Crippen LogP contribution in [0.5, 0.6) is 0 Å². The van der Waals surface area contributed by atoms with Gasteiger partial charge in [0.2, 0.25) is 0 Å². The van der Waals surface area contributed by atoms with E-state index in [0.717, 1.165) is 18.4 Å². The second kappa shape index (κ2) is 3.70. The van der Waals surface area contributed by atoms with Crippen LogP contribution in [0.15, 0.2) is 6.20 Å². The molecule has 1 aromatic heterocycles. The molecular weight excluding hydrogens is 176 g/mol. The summed E-state index contributed by atoms with van der Waals surface area (Å²) in [5.74, 6) is 0.679. The number of nitrogens with zero attached hydrogens (tertiary/aromatic N) is 3. The Labute approximate surface area is 83.3 Å². The average molecular weight is 190 g/mol. The highest BCUT2D eigenvalue weighted by Crippen LogP contribution is 2.31. The zero-order valence-corrected chi connectivity index (χ0v) is 8.11. The molecule has 2 rings (SSSR count). The highest BCUT2D eigenvalue weighted by molar-refractivity contribution is 5.40. The van der Waals surface area contributed by atoms with Gasteiger partial charge in [0.25, 0.3) is 0 Å². The molecule has 1 saturated carbocycles. The quantitative estimate of drug-likeness (QED) is 0.770. The maximum atomic E-state index is 8.58. The van der Waals surface area contributed by atoms with Crippen molar-refractivity contribution in [1.82, 2.24) is 9.78 Å². The summed E-state index contributed by atoms with van der Waals surface area (Å²) in [7, 11) is 0. The van der Waals surface area contributed by atoms with Crippen molar-refractivity contribution in [3.8, 4) is 6.07 Å². The molecule has 0 aliphatic heterocycles. The topological polar surface area (TPSA) is 67.6 Å². The van der Waals surface area contributed by atoms with Crippen LogP contribution in [-0.2, 0) is 6.42 Å². The van der Waals surface area contributed by atoms with Crippen molar-refractivity contribution in [3.05, 3.63) is 11.8 Å². The zero-order chi connectivity index (χ0) is 9.97. The first kappa shape index (κ1) is 9.07. The zero-order valence-electron chi connectivity index (χ0n) is 8.11. The molecular formula is C10H14N4. The van der Waals surface area contributed by atoms with Crippen LogP contribution in [-0.4, -0.2) is 9.78 Å². The third kappa shape index (κ3) is 1.46. The Hall–Kier alpha value is -1.50. The molecule has 0 radical (unpaired) electrons. The van der Waals surface area contributed by atoms with E-state index in [9.17, 15) is 0 Å². The Morgan fingerprint density at radius 1 is 1.57 bits per heavy atom. The van der Waals surface area contributed by atoms with Crippen molar-refractivity contribution < 1.29 is 0 Å². The van der Waals surface area contributed by atoms with Gasteiger partial charge in [-0.25, -0.2) is 4.68 Å². The van der Waals surface area contributed by atoms with Gasteiger partial charge < -0.3 is 5.73 Å². The van der Waals surface area contributed by atoms with Crippen molar-refractivity contribution in [2.45, 2.75) is 38.1 Å². The minimum atomic E-state index is 0.360. The monoisotopic (exact) mass is 190 g/mol. The van der Waals surface area contributed by atoms with Crippen molar-refractivity contribution in [2.24, 2.45) is 0 Å². The molecule has 14 heavy (non-hydrogen) atoms. The van der Waals surface area contributed by atoms with Crippen LogP contribution in [0, 0.1) is 11.3 Å². The molecule has 74 valence electrons. The molecule has 0 bridgehead atoms. The van der Waals surface area contributed by atoms with Gasteiger partial charge in [-0.2, -0.15) is 10.4 Å². The van der Waals surface area contributed by atoms with E-state index in [4.69, 9.17) is 11.0 Å². The standard InChI is InChI=1S/C10H14N4/c11-6-5-8-7-13-14(10(8)12)9-3-1-2-4-9/h7,9H,1-5,12H2. The van der Waals surface area contributed by atoms with E-state index in [0.29, 0.717) is 18.3 Å². The predicted octanol–water partition coefficient (Wildman–Crippen LogP) is 1.65. The highest BCUT2D eigenvalue weighted by atomic mass is 15.3. The molecule has 4 nitrogen and oxygen atoms in total. The maximum absolute atomic E-state index is 8.58. The fourth-order valence-electron chi connectivity index (χ4n) is 2.07. The van der Waals surface area contributed by atoms with E-state index in [1.807, 2.05) is 4.68 Å². The molecule has 0 amide bonds. The van der Waals surface area contributed by atoms with E-state index in [-0.39, 0.29) is 0 Å². The normalized spacial score (nSPS) is 17.1. The third-order valence-corrected chi connectivity index (χ3v) is 2.85. The van der Waals surface area contributed by atoms with Gasteiger partial charge in [-0.1, -0.05) is 12.8 Å². The van der Waals surface area contributed by atoms with Crippen molar-refractivity contribution in [1.29, 1.82) is 5.26 Å². The second-order valence-corrected chi connectivity index (χ2v) is 3.77. The summed E-state index contributed by atoms with van der Waals surface area (Å²) in [6.07, 6.45) is 6.93. The SMILES string of the molecule is N#CCc1cnn(C2CCCC2)c1N. The van der Waals surface area contributed by atoms with E-state index < -0.39 is 0 Å². The largest absolute Gasteiger partial charge is 0.384 e. The summed E-state index contributed by atoms with van der Waals surface area (Å²) >= 11 is 0. The fourth-order valence-corrected chi connectivity index (χ4v) is 2.07. The molecule has 2 N–H and O–H groups in total. The Morgan fingerprint density at radius 2 is 2.29 bits per heavy atom. The van der Waals surface area contributed by atoms with Crippen LogP contribution in [0.2, 0.25) is 0 Å². The van der Waals surface area contributed by atoms with E-state index in [1.165, 1.54) is 12.8 Å². The van der Waals surface area contributed by atoms with Gasteiger partial charge in [0.05, 0.1) is 24.7 Å². The Balaban J connectivity index is 2.22. The molecule has 1 aliphatic rings. The van der Waals surface area contributed by atoms with Gasteiger partial charge in [-0.15, -0.1) is 0 Å². The smallest absolute Gasteiger partial charge is 0.126 e. The number of rotatable bonds is 2. The van der Waals surface area contributed by atoms with Crippen molar-refractivity contribution >= 4 is 5.82 Å². The Morgan fingerprint density at radius 3 is 2.93 bits per heavy atom. The highest BCUT2D eigenvalue weighted by Gasteiger charge is 2.20. The first-order valence-electron chi connectivity index (χ1n) is 5.01. The lowest BCUT2D eigenvalue weighted by atomic mass is 10.2. The number of aromatic nitrogens is 2. The second-order valence-electron chi connectivity index (χ2n) is 3.77. The first-order valence-corrected chi connectivity index (χ1v) is 5.01. The molecule has 1 heterocycles. The number of anilines is 1. The first-order chi connectivity index (χ1) is 6.83. The summed E-state index contributed by atoms with van der Waals surface area (Å²) in [6.45, 7) is 0. The number of nitrogens with two attached hydrogens (primary N) is 1. The third-order valence-electron chi connectivity index (χ3n) is 2.85. The number of nitriles is 1. The van der Waals surface area contributed by atoms with Crippen LogP contribution in [0.25, 0.3) is 0 Å². The molecule has 4 heteroatoms. The van der Waals surface area contributed by atoms with Crippen LogP contribution < -0.4 is 5.73 Å². The van der Waals surface area contributed by atoms with Crippen molar-refractivity contribution in [2.75, 3.05) is 5.73 Å². The lowest BCUT2D eigenvalue weighted by molar-refractivity contribution is 0.473. The van der Waals surface area contributed by atoms with Crippen LogP contribution in [0.4, 0.5) is 5.82 Å². The van der Waals surface area contributed by atoms with Gasteiger partial charge in [-0.3, -0.25) is 0 Å².